The van der Waals surface area contributed by atoms with E-state index in [9.17, 15) is 14.4 Å². The molecule has 3 rings (SSSR count). The van der Waals surface area contributed by atoms with Gasteiger partial charge in [0.25, 0.3) is 5.91 Å². The molecule has 7 heteroatoms. The van der Waals surface area contributed by atoms with Gasteiger partial charge >= 0.3 is 5.97 Å². The molecule has 0 radical (unpaired) electrons. The molecule has 1 atom stereocenters. The average Bonchev–Trinajstić information content (AvgIpc) is 2.86. The number of ether oxygens (including phenoxy) is 1. The Bertz CT molecular complexity index is 854. The number of nitrogens with one attached hydrogen (secondary N) is 2. The van der Waals surface area contributed by atoms with Crippen molar-refractivity contribution in [3.8, 4) is 0 Å². The largest absolute Gasteiger partial charge is 0.452 e. The number of fused-ring (bicyclic) bond motifs is 1. The van der Waals surface area contributed by atoms with Crippen LogP contribution in [0.3, 0.4) is 0 Å². The number of carbonyl (C=O) groups is 3. The molecule has 0 unspecified atom stereocenters. The van der Waals surface area contributed by atoms with E-state index in [0.29, 0.717) is 23.4 Å². The molecule has 0 aliphatic carbocycles. The topological polar surface area (TPSA) is 84.5 Å². The second-order valence-electron chi connectivity index (χ2n) is 6.13. The molecule has 2 aromatic carbocycles. The Morgan fingerprint density at radius 3 is 2.78 bits per heavy atom. The number of hydrogen-bond donors (Lipinski definition) is 2. The quantitative estimate of drug-likeness (QED) is 0.774. The van der Waals surface area contributed by atoms with Crippen molar-refractivity contribution in [2.45, 2.75) is 24.3 Å². The molecule has 0 fully saturated rings. The van der Waals surface area contributed by atoms with E-state index < -0.39 is 5.97 Å². The van der Waals surface area contributed by atoms with Gasteiger partial charge in [-0.25, -0.2) is 4.79 Å². The predicted molar refractivity (Wildman–Crippen MR) is 104 cm³/mol. The summed E-state index contributed by atoms with van der Waals surface area (Å²) in [4.78, 5) is 36.8. The molecule has 0 spiro atoms. The van der Waals surface area contributed by atoms with Gasteiger partial charge in [-0.05, 0) is 30.7 Å². The lowest BCUT2D eigenvalue weighted by molar-refractivity contribution is -0.124. The number of thioether (sulfide) groups is 1. The second kappa shape index (κ2) is 8.73. The molecule has 0 bridgehead atoms. The third-order valence-electron chi connectivity index (χ3n) is 4.09. The Balaban J connectivity index is 1.56. The summed E-state index contributed by atoms with van der Waals surface area (Å²) in [5, 5.41) is 5.57. The van der Waals surface area contributed by atoms with Crippen LogP contribution in [0.5, 0.6) is 0 Å². The van der Waals surface area contributed by atoms with Crippen molar-refractivity contribution in [1.82, 2.24) is 5.32 Å². The van der Waals surface area contributed by atoms with Crippen LogP contribution >= 0.6 is 11.8 Å². The van der Waals surface area contributed by atoms with E-state index in [-0.39, 0.29) is 24.5 Å². The van der Waals surface area contributed by atoms with Crippen molar-refractivity contribution < 1.29 is 19.1 Å². The highest BCUT2D eigenvalue weighted by Crippen LogP contribution is 2.31. The van der Waals surface area contributed by atoms with Crippen LogP contribution in [-0.4, -0.2) is 30.1 Å². The molecule has 2 amide bonds. The van der Waals surface area contributed by atoms with E-state index in [1.54, 1.807) is 30.0 Å². The second-order valence-corrected chi connectivity index (χ2v) is 7.27. The van der Waals surface area contributed by atoms with Crippen molar-refractivity contribution in [3.63, 3.8) is 0 Å². The minimum atomic E-state index is -0.608. The minimum Gasteiger partial charge on any atom is -0.452 e. The normalized spacial score (nSPS) is 14.3. The van der Waals surface area contributed by atoms with Gasteiger partial charge in [0.2, 0.25) is 5.91 Å². The monoisotopic (exact) mass is 384 g/mol. The lowest BCUT2D eigenvalue weighted by Crippen LogP contribution is -2.31. The number of esters is 1. The molecule has 0 saturated carbocycles. The zero-order chi connectivity index (χ0) is 19.2. The maximum atomic E-state index is 12.2. The molecule has 2 N–H and O–H groups in total. The molecule has 1 aliphatic heterocycles. The lowest BCUT2D eigenvalue weighted by Gasteiger charge is -2.14. The van der Waals surface area contributed by atoms with Crippen LogP contribution in [0.4, 0.5) is 5.69 Å². The molecule has 1 aliphatic rings. The maximum Gasteiger partial charge on any atom is 0.338 e. The third-order valence-corrected chi connectivity index (χ3v) is 5.16. The number of hydrogen-bond acceptors (Lipinski definition) is 5. The number of carbonyl (C=O) groups excluding carboxylic acids is 3. The molecule has 27 heavy (non-hydrogen) atoms. The van der Waals surface area contributed by atoms with Gasteiger partial charge in [0.1, 0.15) is 0 Å². The highest BCUT2D eigenvalue weighted by Gasteiger charge is 2.17. The molecule has 0 aromatic heterocycles. The Morgan fingerprint density at radius 2 is 2.00 bits per heavy atom. The van der Waals surface area contributed by atoms with E-state index in [1.165, 1.54) is 0 Å². The first kappa shape index (κ1) is 19.0. The summed E-state index contributed by atoms with van der Waals surface area (Å²) in [5.41, 5.74) is 1.86. The van der Waals surface area contributed by atoms with Crippen LogP contribution in [0.1, 0.15) is 35.3 Å². The van der Waals surface area contributed by atoms with Gasteiger partial charge in [0.05, 0.1) is 17.3 Å². The van der Waals surface area contributed by atoms with Crippen molar-refractivity contribution >= 4 is 35.2 Å². The number of benzene rings is 2. The average molecular weight is 384 g/mol. The highest BCUT2D eigenvalue weighted by atomic mass is 32.2. The molecule has 1 heterocycles. The van der Waals surface area contributed by atoms with Crippen LogP contribution < -0.4 is 10.6 Å². The fourth-order valence-corrected chi connectivity index (χ4v) is 3.61. The first-order valence-corrected chi connectivity index (χ1v) is 9.59. The Hall–Kier alpha value is -2.80. The zero-order valence-electron chi connectivity index (χ0n) is 14.9. The summed E-state index contributed by atoms with van der Waals surface area (Å²) in [7, 11) is 0. The number of anilines is 1. The molecular formula is C20H20N2O4S. The fourth-order valence-electron chi connectivity index (χ4n) is 2.67. The van der Waals surface area contributed by atoms with E-state index in [4.69, 9.17) is 4.74 Å². The van der Waals surface area contributed by atoms with Crippen LogP contribution in [0.25, 0.3) is 0 Å². The van der Waals surface area contributed by atoms with Crippen LogP contribution in [0.15, 0.2) is 53.4 Å². The van der Waals surface area contributed by atoms with E-state index in [1.807, 2.05) is 37.3 Å². The van der Waals surface area contributed by atoms with E-state index >= 15 is 0 Å². The van der Waals surface area contributed by atoms with Crippen LogP contribution in [0, 0.1) is 0 Å². The van der Waals surface area contributed by atoms with Gasteiger partial charge in [-0.1, -0.05) is 30.3 Å². The van der Waals surface area contributed by atoms with E-state index in [0.717, 1.165) is 10.5 Å². The van der Waals surface area contributed by atoms with Gasteiger partial charge in [-0.2, -0.15) is 0 Å². The summed E-state index contributed by atoms with van der Waals surface area (Å²) >= 11 is 1.56. The van der Waals surface area contributed by atoms with Gasteiger partial charge < -0.3 is 15.4 Å². The Labute approximate surface area is 161 Å². The summed E-state index contributed by atoms with van der Waals surface area (Å²) < 4.78 is 5.11. The first-order valence-electron chi connectivity index (χ1n) is 8.61. The van der Waals surface area contributed by atoms with Crippen LogP contribution in [0.2, 0.25) is 0 Å². The predicted octanol–water partition coefficient (Wildman–Crippen LogP) is 3.16. The molecular weight excluding hydrogens is 364 g/mol. The Kier molecular flexibility index (Phi) is 6.13. The summed E-state index contributed by atoms with van der Waals surface area (Å²) in [6.07, 6.45) is 0.429. The number of amides is 2. The molecule has 140 valence electrons. The highest BCUT2D eigenvalue weighted by molar-refractivity contribution is 7.99. The standard InChI is InChI=1S/C20H20N2O4S/c1-13(14-5-3-2-4-6-14)21-19(24)12-26-20(25)15-7-8-17-16(11-15)22-18(23)9-10-27-17/h2-8,11,13H,9-10,12H2,1H3,(H,21,24)(H,22,23)/t13-/m1/s1. The third kappa shape index (κ3) is 5.10. The lowest BCUT2D eigenvalue weighted by atomic mass is 10.1. The number of rotatable bonds is 5. The SMILES string of the molecule is C[C@@H](NC(=O)COC(=O)c1ccc2c(c1)NC(=O)CCS2)c1ccccc1. The van der Waals surface area contributed by atoms with Crippen LogP contribution in [-0.2, 0) is 14.3 Å². The van der Waals surface area contributed by atoms with Gasteiger partial charge in [0, 0.05) is 17.1 Å². The summed E-state index contributed by atoms with van der Waals surface area (Å²) in [6, 6.07) is 14.3. The first-order chi connectivity index (χ1) is 13.0. The molecule has 0 saturated heterocycles. The van der Waals surface area contributed by atoms with Crippen molar-refractivity contribution in [1.29, 1.82) is 0 Å². The van der Waals surface area contributed by atoms with Crippen molar-refractivity contribution in [2.75, 3.05) is 17.7 Å². The smallest absolute Gasteiger partial charge is 0.338 e. The summed E-state index contributed by atoms with van der Waals surface area (Å²) in [5.74, 6) is -0.370. The van der Waals surface area contributed by atoms with Gasteiger partial charge in [-0.3, -0.25) is 9.59 Å². The molecule has 2 aromatic rings. The summed E-state index contributed by atoms with van der Waals surface area (Å²) in [6.45, 7) is 1.50. The minimum absolute atomic E-state index is 0.0824. The van der Waals surface area contributed by atoms with Crippen molar-refractivity contribution in [3.05, 3.63) is 59.7 Å². The zero-order valence-corrected chi connectivity index (χ0v) is 15.7. The molecule has 6 nitrogen and oxygen atoms in total. The maximum absolute atomic E-state index is 12.2. The van der Waals surface area contributed by atoms with Gasteiger partial charge in [0.15, 0.2) is 6.61 Å². The van der Waals surface area contributed by atoms with Gasteiger partial charge in [-0.15, -0.1) is 11.8 Å². The Morgan fingerprint density at radius 1 is 1.22 bits per heavy atom. The van der Waals surface area contributed by atoms with Crippen molar-refractivity contribution in [2.24, 2.45) is 0 Å². The van der Waals surface area contributed by atoms with E-state index in [2.05, 4.69) is 10.6 Å². The fraction of sp³-hybridized carbons (Fsp3) is 0.250.